The molecule has 29 heavy (non-hydrogen) atoms. The molecule has 148 valence electrons. The summed E-state index contributed by atoms with van der Waals surface area (Å²) >= 11 is 0. The SMILES string of the molecule is COc1cc(F)ccc1-c1ccc(=O)n(CC(=O)c2ccc3c(c2)OCCO3)n1. The Morgan fingerprint density at radius 2 is 1.90 bits per heavy atom. The van der Waals surface area contributed by atoms with E-state index in [-0.39, 0.29) is 18.1 Å². The van der Waals surface area contributed by atoms with Crippen LogP contribution in [0.3, 0.4) is 0 Å². The fraction of sp³-hybridized carbons (Fsp3) is 0.190. The zero-order chi connectivity index (χ0) is 20.4. The van der Waals surface area contributed by atoms with E-state index < -0.39 is 11.4 Å². The van der Waals surface area contributed by atoms with Crippen LogP contribution >= 0.6 is 0 Å². The number of nitrogens with zero attached hydrogens (tertiary/aromatic N) is 2. The molecule has 0 aliphatic carbocycles. The first kappa shape index (κ1) is 18.7. The van der Waals surface area contributed by atoms with Crippen molar-refractivity contribution >= 4 is 5.78 Å². The second kappa shape index (κ2) is 7.75. The second-order valence-electron chi connectivity index (χ2n) is 6.34. The van der Waals surface area contributed by atoms with Gasteiger partial charge in [-0.15, -0.1) is 0 Å². The van der Waals surface area contributed by atoms with Crippen molar-refractivity contribution in [2.75, 3.05) is 20.3 Å². The van der Waals surface area contributed by atoms with E-state index in [0.717, 1.165) is 4.68 Å². The van der Waals surface area contributed by atoms with Gasteiger partial charge in [-0.3, -0.25) is 9.59 Å². The highest BCUT2D eigenvalue weighted by atomic mass is 19.1. The standard InChI is InChI=1S/C21H17FN2O5/c1-27-19-11-14(22)3-4-15(19)16-5-7-21(26)24(23-16)12-17(25)13-2-6-18-20(10-13)29-9-8-28-18/h2-7,10-11H,8-9,12H2,1H3. The molecule has 0 spiro atoms. The van der Waals surface area contributed by atoms with Crippen LogP contribution in [0, 0.1) is 5.82 Å². The average Bonchev–Trinajstić information content (AvgIpc) is 2.75. The topological polar surface area (TPSA) is 79.7 Å². The van der Waals surface area contributed by atoms with Crippen LogP contribution in [0.1, 0.15) is 10.4 Å². The smallest absolute Gasteiger partial charge is 0.267 e. The summed E-state index contributed by atoms with van der Waals surface area (Å²) in [7, 11) is 1.42. The van der Waals surface area contributed by atoms with Gasteiger partial charge in [-0.2, -0.15) is 5.10 Å². The molecule has 0 radical (unpaired) electrons. The van der Waals surface area contributed by atoms with E-state index in [2.05, 4.69) is 5.10 Å². The van der Waals surface area contributed by atoms with Crippen LogP contribution in [-0.4, -0.2) is 35.9 Å². The Morgan fingerprint density at radius 3 is 2.69 bits per heavy atom. The summed E-state index contributed by atoms with van der Waals surface area (Å²) in [5.74, 6) is 0.592. The molecule has 0 saturated carbocycles. The molecule has 0 N–H and O–H groups in total. The Balaban J connectivity index is 1.63. The molecule has 7 nitrogen and oxygen atoms in total. The molecule has 2 aromatic carbocycles. The number of Topliss-reactive ketones (excluding diaryl/α,β-unsaturated/α-hetero) is 1. The van der Waals surface area contributed by atoms with E-state index in [4.69, 9.17) is 14.2 Å². The van der Waals surface area contributed by atoms with E-state index in [1.54, 1.807) is 18.2 Å². The van der Waals surface area contributed by atoms with Gasteiger partial charge in [0.2, 0.25) is 0 Å². The minimum Gasteiger partial charge on any atom is -0.496 e. The number of fused-ring (bicyclic) bond motifs is 1. The number of benzene rings is 2. The molecule has 0 amide bonds. The number of methoxy groups -OCH3 is 1. The number of ketones is 1. The molecule has 3 aromatic rings. The molecule has 8 heteroatoms. The van der Waals surface area contributed by atoms with Gasteiger partial charge >= 0.3 is 0 Å². The normalized spacial score (nSPS) is 12.5. The predicted molar refractivity (Wildman–Crippen MR) is 102 cm³/mol. The van der Waals surface area contributed by atoms with Gasteiger partial charge in [-0.25, -0.2) is 9.07 Å². The average molecular weight is 396 g/mol. The van der Waals surface area contributed by atoms with Crippen LogP contribution in [-0.2, 0) is 6.54 Å². The Kier molecular flexibility index (Phi) is 4.99. The summed E-state index contributed by atoms with van der Waals surface area (Å²) in [5.41, 5.74) is 0.847. The lowest BCUT2D eigenvalue weighted by molar-refractivity contribution is 0.0964. The third kappa shape index (κ3) is 3.82. The summed E-state index contributed by atoms with van der Waals surface area (Å²) < 4.78 is 30.7. The van der Waals surface area contributed by atoms with E-state index in [1.165, 1.54) is 37.4 Å². The number of halogens is 1. The first-order chi connectivity index (χ1) is 14.0. The summed E-state index contributed by atoms with van der Waals surface area (Å²) in [6.07, 6.45) is 0. The van der Waals surface area contributed by atoms with Crippen molar-refractivity contribution in [1.29, 1.82) is 0 Å². The molecule has 0 atom stereocenters. The number of hydrogen-bond acceptors (Lipinski definition) is 6. The van der Waals surface area contributed by atoms with Crippen molar-refractivity contribution in [1.82, 2.24) is 9.78 Å². The number of aromatic nitrogens is 2. The molecular formula is C21H17FN2O5. The molecule has 0 saturated heterocycles. The minimum absolute atomic E-state index is 0.254. The number of rotatable bonds is 5. The molecule has 0 fully saturated rings. The molecular weight excluding hydrogens is 379 g/mol. The Hall–Kier alpha value is -3.68. The predicted octanol–water partition coefficient (Wildman–Crippen LogP) is 2.71. The zero-order valence-corrected chi connectivity index (χ0v) is 15.6. The lowest BCUT2D eigenvalue weighted by Gasteiger charge is -2.18. The quantitative estimate of drug-likeness (QED) is 0.617. The van der Waals surface area contributed by atoms with Crippen molar-refractivity contribution in [2.24, 2.45) is 0 Å². The van der Waals surface area contributed by atoms with Crippen molar-refractivity contribution in [3.63, 3.8) is 0 Å². The Bertz CT molecular complexity index is 1140. The van der Waals surface area contributed by atoms with E-state index in [0.29, 0.717) is 41.5 Å². The van der Waals surface area contributed by atoms with Gasteiger partial charge in [-0.1, -0.05) is 0 Å². The van der Waals surface area contributed by atoms with Crippen molar-refractivity contribution in [2.45, 2.75) is 6.54 Å². The van der Waals surface area contributed by atoms with E-state index in [1.807, 2.05) is 0 Å². The van der Waals surface area contributed by atoms with Gasteiger partial charge in [0.1, 0.15) is 31.3 Å². The Labute approximate surface area is 165 Å². The van der Waals surface area contributed by atoms with Crippen LogP contribution in [0.25, 0.3) is 11.3 Å². The highest BCUT2D eigenvalue weighted by Gasteiger charge is 2.17. The molecule has 1 aliphatic rings. The van der Waals surface area contributed by atoms with Gasteiger partial charge in [0, 0.05) is 23.3 Å². The van der Waals surface area contributed by atoms with Crippen LogP contribution < -0.4 is 19.8 Å². The maximum absolute atomic E-state index is 13.5. The van der Waals surface area contributed by atoms with Crippen LogP contribution in [0.4, 0.5) is 4.39 Å². The van der Waals surface area contributed by atoms with Gasteiger partial charge in [0.15, 0.2) is 17.3 Å². The first-order valence-electron chi connectivity index (χ1n) is 8.90. The van der Waals surface area contributed by atoms with Gasteiger partial charge in [0.05, 0.1) is 12.8 Å². The minimum atomic E-state index is -0.451. The van der Waals surface area contributed by atoms with Crippen LogP contribution in [0.2, 0.25) is 0 Å². The molecule has 0 bridgehead atoms. The van der Waals surface area contributed by atoms with Gasteiger partial charge < -0.3 is 14.2 Å². The number of ether oxygens (including phenoxy) is 3. The van der Waals surface area contributed by atoms with Crippen LogP contribution in [0.5, 0.6) is 17.2 Å². The zero-order valence-electron chi connectivity index (χ0n) is 15.6. The third-order valence-corrected chi connectivity index (χ3v) is 4.46. The van der Waals surface area contributed by atoms with Gasteiger partial charge in [0.25, 0.3) is 5.56 Å². The number of hydrogen-bond donors (Lipinski definition) is 0. The monoisotopic (exact) mass is 396 g/mol. The first-order valence-corrected chi connectivity index (χ1v) is 8.90. The Morgan fingerprint density at radius 1 is 1.10 bits per heavy atom. The number of carbonyl (C=O) groups is 1. The molecule has 2 heterocycles. The third-order valence-electron chi connectivity index (χ3n) is 4.46. The highest BCUT2D eigenvalue weighted by molar-refractivity contribution is 5.96. The van der Waals surface area contributed by atoms with Crippen molar-refractivity contribution < 1.29 is 23.4 Å². The lowest BCUT2D eigenvalue weighted by Crippen LogP contribution is -2.26. The highest BCUT2D eigenvalue weighted by Crippen LogP contribution is 2.31. The summed E-state index contributed by atoms with van der Waals surface area (Å²) in [6, 6.07) is 11.7. The number of carbonyl (C=O) groups excluding carboxylic acids is 1. The fourth-order valence-corrected chi connectivity index (χ4v) is 3.03. The fourth-order valence-electron chi connectivity index (χ4n) is 3.03. The van der Waals surface area contributed by atoms with E-state index in [9.17, 15) is 14.0 Å². The van der Waals surface area contributed by atoms with Crippen molar-refractivity contribution in [3.8, 4) is 28.5 Å². The van der Waals surface area contributed by atoms with E-state index >= 15 is 0 Å². The molecule has 1 aromatic heterocycles. The van der Waals surface area contributed by atoms with Crippen molar-refractivity contribution in [3.05, 3.63) is 70.3 Å². The molecule has 4 rings (SSSR count). The summed E-state index contributed by atoms with van der Waals surface area (Å²) in [5, 5.41) is 4.26. The molecule has 0 unspecified atom stereocenters. The lowest BCUT2D eigenvalue weighted by atomic mass is 10.1. The maximum Gasteiger partial charge on any atom is 0.267 e. The molecule has 1 aliphatic heterocycles. The second-order valence-corrected chi connectivity index (χ2v) is 6.34. The van der Waals surface area contributed by atoms with Gasteiger partial charge in [-0.05, 0) is 36.4 Å². The largest absolute Gasteiger partial charge is 0.496 e. The van der Waals surface area contributed by atoms with Crippen LogP contribution in [0.15, 0.2) is 53.3 Å². The summed E-state index contributed by atoms with van der Waals surface area (Å²) in [6.45, 7) is 0.613. The summed E-state index contributed by atoms with van der Waals surface area (Å²) in [4.78, 5) is 24.9. The maximum atomic E-state index is 13.5.